The zero-order chi connectivity index (χ0) is 22.5. The number of rotatable bonds is 7. The van der Waals surface area contributed by atoms with Crippen LogP contribution in [-0.4, -0.2) is 35.2 Å². The van der Waals surface area contributed by atoms with Crippen LogP contribution in [0.1, 0.15) is 75.8 Å². The van der Waals surface area contributed by atoms with Crippen LogP contribution in [-0.2, 0) is 0 Å². The van der Waals surface area contributed by atoms with E-state index < -0.39 is 0 Å². The van der Waals surface area contributed by atoms with Crippen molar-refractivity contribution in [2.75, 3.05) is 23.7 Å². The smallest absolute Gasteiger partial charge is 0.229 e. The van der Waals surface area contributed by atoms with Gasteiger partial charge in [0.05, 0.1) is 18.0 Å². The van der Waals surface area contributed by atoms with Crippen molar-refractivity contribution in [3.05, 3.63) is 34.5 Å². The van der Waals surface area contributed by atoms with Gasteiger partial charge in [0.15, 0.2) is 5.82 Å². The highest BCUT2D eigenvalue weighted by atomic mass is 35.5. The molecule has 1 aromatic heterocycles. The Morgan fingerprint density at radius 2 is 1.84 bits per heavy atom. The van der Waals surface area contributed by atoms with Gasteiger partial charge in [-0.25, -0.2) is 4.98 Å². The molecule has 0 atom stereocenters. The number of hydrogen-bond acceptors (Lipinski definition) is 6. The van der Waals surface area contributed by atoms with E-state index in [1.807, 2.05) is 0 Å². The predicted molar refractivity (Wildman–Crippen MR) is 133 cm³/mol. The lowest BCUT2D eigenvalue weighted by molar-refractivity contribution is 0.243. The molecule has 2 heterocycles. The minimum atomic E-state index is 0.0776. The van der Waals surface area contributed by atoms with Gasteiger partial charge in [0, 0.05) is 6.04 Å². The van der Waals surface area contributed by atoms with Crippen LogP contribution >= 0.6 is 11.6 Å². The number of nitrogens with one attached hydrogen (secondary N) is 3. The fourth-order valence-corrected chi connectivity index (χ4v) is 4.96. The van der Waals surface area contributed by atoms with Crippen molar-refractivity contribution < 1.29 is 4.74 Å². The summed E-state index contributed by atoms with van der Waals surface area (Å²) < 4.78 is 6.20. The molecule has 1 saturated heterocycles. The lowest BCUT2D eigenvalue weighted by Crippen LogP contribution is -2.27. The SMILES string of the molecule is Cc1cc(Nc2ncc(Cl)c(NC3CCCCC3)n2)c(OC(C)C)cc1C1CCNCC1. The highest BCUT2D eigenvalue weighted by Crippen LogP contribution is 2.37. The van der Waals surface area contributed by atoms with Crippen molar-refractivity contribution in [3.63, 3.8) is 0 Å². The van der Waals surface area contributed by atoms with E-state index in [-0.39, 0.29) is 6.10 Å². The molecule has 2 aliphatic rings. The normalized spacial score (nSPS) is 18.0. The van der Waals surface area contributed by atoms with Crippen LogP contribution < -0.4 is 20.7 Å². The van der Waals surface area contributed by atoms with Crippen molar-refractivity contribution in [1.82, 2.24) is 15.3 Å². The second-order valence-corrected chi connectivity index (χ2v) is 9.80. The van der Waals surface area contributed by atoms with Crippen LogP contribution in [0.4, 0.5) is 17.5 Å². The highest BCUT2D eigenvalue weighted by molar-refractivity contribution is 6.32. The third-order valence-corrected chi connectivity index (χ3v) is 6.72. The zero-order valence-corrected chi connectivity index (χ0v) is 20.3. The fourth-order valence-electron chi connectivity index (χ4n) is 4.81. The topological polar surface area (TPSA) is 71.1 Å². The van der Waals surface area contributed by atoms with Crippen molar-refractivity contribution >= 4 is 29.1 Å². The summed E-state index contributed by atoms with van der Waals surface area (Å²) in [5.74, 6) is 2.64. The van der Waals surface area contributed by atoms with E-state index in [9.17, 15) is 0 Å². The Morgan fingerprint density at radius 3 is 2.56 bits per heavy atom. The minimum Gasteiger partial charge on any atom is -0.489 e. The molecular weight excluding hydrogens is 422 g/mol. The molecule has 4 rings (SSSR count). The molecule has 0 spiro atoms. The van der Waals surface area contributed by atoms with Gasteiger partial charge in [0.2, 0.25) is 5.95 Å². The van der Waals surface area contributed by atoms with Crippen molar-refractivity contribution in [1.29, 1.82) is 0 Å². The van der Waals surface area contributed by atoms with Crippen LogP contribution in [0.3, 0.4) is 0 Å². The molecule has 0 radical (unpaired) electrons. The molecule has 32 heavy (non-hydrogen) atoms. The van der Waals surface area contributed by atoms with E-state index in [0.29, 0.717) is 28.7 Å². The standard InChI is InChI=1S/C25H36ClN5O/c1-16(2)32-23-14-20(18-9-11-27-12-10-18)17(3)13-22(23)30-25-28-15-21(26)24(31-25)29-19-7-5-4-6-8-19/h13-16,18-19,27H,4-12H2,1-3H3,(H2,28,29,30,31). The summed E-state index contributed by atoms with van der Waals surface area (Å²) in [7, 11) is 0. The Hall–Kier alpha value is -2.05. The van der Waals surface area contributed by atoms with Crippen LogP contribution in [0.15, 0.2) is 18.3 Å². The summed E-state index contributed by atoms with van der Waals surface area (Å²) in [4.78, 5) is 9.13. The summed E-state index contributed by atoms with van der Waals surface area (Å²) >= 11 is 6.41. The molecule has 174 valence electrons. The Labute approximate surface area is 196 Å². The number of hydrogen-bond donors (Lipinski definition) is 3. The van der Waals surface area contributed by atoms with E-state index in [1.165, 1.54) is 30.4 Å². The molecule has 1 saturated carbocycles. The summed E-state index contributed by atoms with van der Waals surface area (Å²) in [6.07, 6.45) is 10.2. The quantitative estimate of drug-likeness (QED) is 0.461. The Kier molecular flexibility index (Phi) is 7.74. The monoisotopic (exact) mass is 457 g/mol. The van der Waals surface area contributed by atoms with Gasteiger partial charge in [0.1, 0.15) is 10.8 Å². The molecular formula is C25H36ClN5O. The number of piperidine rings is 1. The maximum absolute atomic E-state index is 6.41. The number of ether oxygens (including phenoxy) is 1. The second kappa shape index (κ2) is 10.7. The molecule has 1 aliphatic carbocycles. The van der Waals surface area contributed by atoms with Gasteiger partial charge in [-0.15, -0.1) is 0 Å². The summed E-state index contributed by atoms with van der Waals surface area (Å²) in [5.41, 5.74) is 3.54. The predicted octanol–water partition coefficient (Wildman–Crippen LogP) is 6.18. The molecule has 6 nitrogen and oxygen atoms in total. The third-order valence-electron chi connectivity index (χ3n) is 6.45. The molecule has 0 amide bonds. The number of benzene rings is 1. The summed E-state index contributed by atoms with van der Waals surface area (Å²) in [6, 6.07) is 4.81. The fraction of sp³-hybridized carbons (Fsp3) is 0.600. The van der Waals surface area contributed by atoms with E-state index in [1.54, 1.807) is 6.20 Å². The van der Waals surface area contributed by atoms with Crippen LogP contribution in [0.5, 0.6) is 5.75 Å². The first-order valence-electron chi connectivity index (χ1n) is 12.1. The van der Waals surface area contributed by atoms with E-state index in [4.69, 9.17) is 21.3 Å². The molecule has 1 aliphatic heterocycles. The van der Waals surface area contributed by atoms with Gasteiger partial charge < -0.3 is 20.7 Å². The summed E-state index contributed by atoms with van der Waals surface area (Å²) in [5, 5.41) is 10.9. The van der Waals surface area contributed by atoms with E-state index in [0.717, 1.165) is 50.2 Å². The van der Waals surface area contributed by atoms with Gasteiger partial charge in [-0.05, 0) is 88.7 Å². The molecule has 0 unspecified atom stereocenters. The molecule has 0 bridgehead atoms. The second-order valence-electron chi connectivity index (χ2n) is 9.39. The van der Waals surface area contributed by atoms with Gasteiger partial charge in [-0.2, -0.15) is 4.98 Å². The van der Waals surface area contributed by atoms with Crippen LogP contribution in [0.2, 0.25) is 5.02 Å². The number of halogens is 1. The van der Waals surface area contributed by atoms with Gasteiger partial charge >= 0.3 is 0 Å². The zero-order valence-electron chi connectivity index (χ0n) is 19.5. The van der Waals surface area contributed by atoms with Crippen LogP contribution in [0, 0.1) is 6.92 Å². The molecule has 2 aromatic rings. The van der Waals surface area contributed by atoms with Crippen molar-refractivity contribution in [2.24, 2.45) is 0 Å². The maximum atomic E-state index is 6.41. The highest BCUT2D eigenvalue weighted by Gasteiger charge is 2.21. The molecule has 7 heteroatoms. The summed E-state index contributed by atoms with van der Waals surface area (Å²) in [6.45, 7) is 8.43. The number of aromatic nitrogens is 2. The van der Waals surface area contributed by atoms with Gasteiger partial charge in [-0.3, -0.25) is 0 Å². The molecule has 2 fully saturated rings. The maximum Gasteiger partial charge on any atom is 0.229 e. The lowest BCUT2D eigenvalue weighted by Gasteiger charge is -2.26. The average Bonchev–Trinajstić information content (AvgIpc) is 2.79. The Morgan fingerprint density at radius 1 is 1.09 bits per heavy atom. The van der Waals surface area contributed by atoms with Crippen molar-refractivity contribution in [2.45, 2.75) is 83.8 Å². The molecule has 1 aromatic carbocycles. The number of anilines is 3. The van der Waals surface area contributed by atoms with Crippen molar-refractivity contribution in [3.8, 4) is 5.75 Å². The first-order chi connectivity index (χ1) is 15.5. The minimum absolute atomic E-state index is 0.0776. The lowest BCUT2D eigenvalue weighted by atomic mass is 9.87. The van der Waals surface area contributed by atoms with Crippen LogP contribution in [0.25, 0.3) is 0 Å². The largest absolute Gasteiger partial charge is 0.489 e. The third kappa shape index (κ3) is 5.84. The van der Waals surface area contributed by atoms with E-state index >= 15 is 0 Å². The Bertz CT molecular complexity index is 907. The number of nitrogens with zero attached hydrogens (tertiary/aromatic N) is 2. The van der Waals surface area contributed by atoms with Gasteiger partial charge in [-0.1, -0.05) is 30.9 Å². The first-order valence-corrected chi connectivity index (χ1v) is 12.5. The molecule has 3 N–H and O–H groups in total. The Balaban J connectivity index is 1.58. The average molecular weight is 458 g/mol. The van der Waals surface area contributed by atoms with E-state index in [2.05, 4.69) is 53.8 Å². The van der Waals surface area contributed by atoms with Gasteiger partial charge in [0.25, 0.3) is 0 Å². The number of aryl methyl sites for hydroxylation is 1. The first kappa shape index (κ1) is 23.1.